The lowest BCUT2D eigenvalue weighted by Crippen LogP contribution is -2.43. The molecule has 1 aliphatic rings. The highest BCUT2D eigenvalue weighted by molar-refractivity contribution is 6.30. The molecule has 0 aliphatic heterocycles. The van der Waals surface area contributed by atoms with Crippen LogP contribution in [0.4, 0.5) is 29.2 Å². The van der Waals surface area contributed by atoms with Crippen LogP contribution in [-0.2, 0) is 17.5 Å². The first kappa shape index (κ1) is 31.9. The number of amides is 1. The number of carboxylic acid groups (broad SMARTS) is 1. The van der Waals surface area contributed by atoms with Gasteiger partial charge in [0.25, 0.3) is 0 Å². The number of hydrogen-bond donors (Lipinski definition) is 2. The van der Waals surface area contributed by atoms with Crippen LogP contribution in [0.25, 0.3) is 0 Å². The molecule has 0 bridgehead atoms. The SMILES string of the molecule is CC1CCC(C(=O)N(c2cc(F)c(Oc3ncc(CNc4ncc(Cl)cn4)cc3C(F)(F)F)cc2C(=O)O)C(C)C)CC1. The Labute approximate surface area is 250 Å². The molecular formula is C29H30ClF4N5O4. The minimum absolute atomic E-state index is 0.0865. The van der Waals surface area contributed by atoms with Gasteiger partial charge in [0, 0.05) is 36.8 Å². The third kappa shape index (κ3) is 7.70. The number of hydrogen-bond acceptors (Lipinski definition) is 7. The molecule has 1 amide bonds. The van der Waals surface area contributed by atoms with Gasteiger partial charge in [0.2, 0.25) is 17.7 Å². The van der Waals surface area contributed by atoms with E-state index < -0.39 is 46.8 Å². The average molecular weight is 624 g/mol. The van der Waals surface area contributed by atoms with Crippen molar-refractivity contribution in [1.82, 2.24) is 15.0 Å². The van der Waals surface area contributed by atoms with Crippen molar-refractivity contribution in [2.24, 2.45) is 11.8 Å². The van der Waals surface area contributed by atoms with Gasteiger partial charge in [0.15, 0.2) is 11.6 Å². The fourth-order valence-electron chi connectivity index (χ4n) is 4.91. The fraction of sp³-hybridized carbons (Fsp3) is 0.414. The molecule has 1 aromatic carbocycles. The second kappa shape index (κ2) is 13.1. The highest BCUT2D eigenvalue weighted by Gasteiger charge is 2.37. The standard InChI is InChI=1S/C29H30ClF4N5O4/c1-15(2)39(26(40)18-6-4-16(3)5-7-18)23-10-22(31)24(9-20(23)27(41)42)43-25-21(29(32,33)34)8-17(11-35-25)12-36-28-37-13-19(30)14-38-28/h8-11,13-16,18H,4-7,12H2,1-3H3,(H,41,42)(H,36,37,38). The summed E-state index contributed by atoms with van der Waals surface area (Å²) in [7, 11) is 0. The molecule has 4 rings (SSSR count). The number of ether oxygens (including phenoxy) is 1. The largest absolute Gasteiger partial charge is 0.478 e. The van der Waals surface area contributed by atoms with E-state index in [0.717, 1.165) is 37.2 Å². The first-order chi connectivity index (χ1) is 20.2. The number of benzene rings is 1. The second-order valence-electron chi connectivity index (χ2n) is 10.7. The van der Waals surface area contributed by atoms with E-state index >= 15 is 4.39 Å². The zero-order valence-corrected chi connectivity index (χ0v) is 24.3. The molecule has 43 heavy (non-hydrogen) atoms. The van der Waals surface area contributed by atoms with Crippen LogP contribution in [0, 0.1) is 17.7 Å². The number of carbonyl (C=O) groups is 2. The molecule has 0 radical (unpaired) electrons. The highest BCUT2D eigenvalue weighted by atomic mass is 35.5. The zero-order valence-electron chi connectivity index (χ0n) is 23.6. The lowest BCUT2D eigenvalue weighted by atomic mass is 9.82. The number of nitrogens with zero attached hydrogens (tertiary/aromatic N) is 4. The number of rotatable bonds is 9. The van der Waals surface area contributed by atoms with Crippen LogP contribution < -0.4 is 15.0 Å². The lowest BCUT2D eigenvalue weighted by Gasteiger charge is -2.34. The van der Waals surface area contributed by atoms with E-state index in [0.29, 0.717) is 18.8 Å². The van der Waals surface area contributed by atoms with Gasteiger partial charge < -0.3 is 20.1 Å². The summed E-state index contributed by atoms with van der Waals surface area (Å²) in [5.74, 6) is -4.52. The quantitative estimate of drug-likeness (QED) is 0.238. The van der Waals surface area contributed by atoms with Gasteiger partial charge in [0.05, 0.1) is 28.7 Å². The molecule has 0 spiro atoms. The summed E-state index contributed by atoms with van der Waals surface area (Å²) in [5, 5.41) is 13.0. The Morgan fingerprint density at radius 2 is 1.74 bits per heavy atom. The summed E-state index contributed by atoms with van der Waals surface area (Å²) in [6.45, 7) is 5.30. The minimum atomic E-state index is -4.94. The number of halogens is 5. The van der Waals surface area contributed by atoms with Crippen molar-refractivity contribution in [2.75, 3.05) is 10.2 Å². The number of carboxylic acids is 1. The molecule has 14 heteroatoms. The third-order valence-electron chi connectivity index (χ3n) is 7.15. The summed E-state index contributed by atoms with van der Waals surface area (Å²) in [6.07, 6.45) is 1.69. The molecular weight excluding hydrogens is 594 g/mol. The van der Waals surface area contributed by atoms with Crippen molar-refractivity contribution >= 4 is 35.1 Å². The highest BCUT2D eigenvalue weighted by Crippen LogP contribution is 2.40. The van der Waals surface area contributed by atoms with Crippen LogP contribution in [0.3, 0.4) is 0 Å². The number of aromatic carboxylic acids is 1. The fourth-order valence-corrected chi connectivity index (χ4v) is 5.01. The maximum atomic E-state index is 15.4. The number of carbonyl (C=O) groups excluding carboxylic acids is 1. The van der Waals surface area contributed by atoms with Crippen molar-refractivity contribution in [1.29, 1.82) is 0 Å². The molecule has 0 atom stereocenters. The van der Waals surface area contributed by atoms with Crippen molar-refractivity contribution < 1.29 is 37.0 Å². The van der Waals surface area contributed by atoms with Gasteiger partial charge in [-0.2, -0.15) is 13.2 Å². The molecule has 1 saturated carbocycles. The van der Waals surface area contributed by atoms with Crippen LogP contribution in [0.15, 0.2) is 36.8 Å². The molecule has 9 nitrogen and oxygen atoms in total. The second-order valence-corrected chi connectivity index (χ2v) is 11.2. The van der Waals surface area contributed by atoms with E-state index in [2.05, 4.69) is 27.2 Å². The van der Waals surface area contributed by atoms with Gasteiger partial charge in [-0.1, -0.05) is 18.5 Å². The topological polar surface area (TPSA) is 118 Å². The Balaban J connectivity index is 1.65. The molecule has 2 aromatic heterocycles. The molecule has 2 N–H and O–H groups in total. The first-order valence-corrected chi connectivity index (χ1v) is 14.0. The predicted octanol–water partition coefficient (Wildman–Crippen LogP) is 7.35. The Morgan fingerprint density at radius 1 is 1.09 bits per heavy atom. The summed E-state index contributed by atoms with van der Waals surface area (Å²) >= 11 is 5.73. The Kier molecular flexibility index (Phi) is 9.73. The molecule has 0 saturated heterocycles. The molecule has 2 heterocycles. The van der Waals surface area contributed by atoms with Gasteiger partial charge >= 0.3 is 12.1 Å². The number of pyridine rings is 1. The Hall–Kier alpha value is -4.00. The number of alkyl halides is 3. The van der Waals surface area contributed by atoms with E-state index in [-0.39, 0.29) is 40.6 Å². The third-order valence-corrected chi connectivity index (χ3v) is 7.35. The minimum Gasteiger partial charge on any atom is -0.478 e. The zero-order chi connectivity index (χ0) is 31.5. The first-order valence-electron chi connectivity index (χ1n) is 13.6. The van der Waals surface area contributed by atoms with Gasteiger partial charge in [-0.3, -0.25) is 4.79 Å². The molecule has 230 valence electrons. The smallest absolute Gasteiger partial charge is 0.421 e. The van der Waals surface area contributed by atoms with Gasteiger partial charge in [-0.25, -0.2) is 24.1 Å². The van der Waals surface area contributed by atoms with E-state index in [1.54, 1.807) is 13.8 Å². The van der Waals surface area contributed by atoms with Crippen LogP contribution in [0.1, 0.15) is 67.9 Å². The summed E-state index contributed by atoms with van der Waals surface area (Å²) in [5.41, 5.74) is -1.93. The monoisotopic (exact) mass is 623 g/mol. The van der Waals surface area contributed by atoms with Crippen LogP contribution in [0.5, 0.6) is 11.6 Å². The molecule has 1 fully saturated rings. The normalized spacial score (nSPS) is 17.0. The van der Waals surface area contributed by atoms with Gasteiger partial charge in [0.1, 0.15) is 5.56 Å². The van der Waals surface area contributed by atoms with Crippen molar-refractivity contribution in [3.05, 3.63) is 64.3 Å². The van der Waals surface area contributed by atoms with Crippen molar-refractivity contribution in [3.8, 4) is 11.6 Å². The van der Waals surface area contributed by atoms with E-state index in [4.69, 9.17) is 16.3 Å². The molecule has 1 aliphatic carbocycles. The van der Waals surface area contributed by atoms with E-state index in [1.165, 1.54) is 17.3 Å². The number of anilines is 2. The number of nitrogens with one attached hydrogen (secondary N) is 1. The molecule has 3 aromatic rings. The van der Waals surface area contributed by atoms with E-state index in [9.17, 15) is 27.9 Å². The molecule has 0 unspecified atom stereocenters. The van der Waals surface area contributed by atoms with E-state index in [1.807, 2.05) is 0 Å². The van der Waals surface area contributed by atoms with Crippen LogP contribution in [0.2, 0.25) is 5.02 Å². The lowest BCUT2D eigenvalue weighted by molar-refractivity contribution is -0.139. The van der Waals surface area contributed by atoms with Gasteiger partial charge in [-0.15, -0.1) is 0 Å². The predicted molar refractivity (Wildman–Crippen MR) is 151 cm³/mol. The summed E-state index contributed by atoms with van der Waals surface area (Å²) in [6, 6.07) is 1.82. The maximum absolute atomic E-state index is 15.4. The van der Waals surface area contributed by atoms with Crippen LogP contribution >= 0.6 is 11.6 Å². The summed E-state index contributed by atoms with van der Waals surface area (Å²) < 4.78 is 62.6. The maximum Gasteiger partial charge on any atom is 0.421 e. The van der Waals surface area contributed by atoms with Crippen molar-refractivity contribution in [2.45, 2.75) is 65.2 Å². The summed E-state index contributed by atoms with van der Waals surface area (Å²) in [4.78, 5) is 38.5. The Bertz CT molecular complexity index is 1480. The average Bonchev–Trinajstić information content (AvgIpc) is 2.94. The number of aromatic nitrogens is 3. The van der Waals surface area contributed by atoms with Gasteiger partial charge in [-0.05, 0) is 57.1 Å². The van der Waals surface area contributed by atoms with Crippen molar-refractivity contribution in [3.63, 3.8) is 0 Å². The van der Waals surface area contributed by atoms with Crippen LogP contribution in [-0.4, -0.2) is 38.0 Å². The Morgan fingerprint density at radius 3 is 2.33 bits per heavy atom.